The SMILES string of the molecule is CCOc1cc(C(=O)N2CCCc3ccccc3C2)ccc1OCC(=O)O. The summed E-state index contributed by atoms with van der Waals surface area (Å²) in [5.41, 5.74) is 2.97. The lowest BCUT2D eigenvalue weighted by Gasteiger charge is -2.22. The van der Waals surface area contributed by atoms with Crippen molar-refractivity contribution < 1.29 is 24.2 Å². The van der Waals surface area contributed by atoms with Crippen molar-refractivity contribution in [1.29, 1.82) is 0 Å². The Kier molecular flexibility index (Phi) is 5.96. The topological polar surface area (TPSA) is 76.1 Å². The molecule has 0 bridgehead atoms. The molecule has 2 aromatic rings. The van der Waals surface area contributed by atoms with Gasteiger partial charge in [-0.1, -0.05) is 24.3 Å². The Hall–Kier alpha value is -3.02. The number of ether oxygens (including phenoxy) is 2. The molecule has 1 amide bonds. The van der Waals surface area contributed by atoms with Crippen LogP contribution in [0.25, 0.3) is 0 Å². The maximum absolute atomic E-state index is 13.0. The van der Waals surface area contributed by atoms with Crippen molar-refractivity contribution in [2.75, 3.05) is 19.8 Å². The minimum absolute atomic E-state index is 0.0718. The third-order valence-corrected chi connectivity index (χ3v) is 4.48. The summed E-state index contributed by atoms with van der Waals surface area (Å²) in [6.45, 7) is 3.01. The van der Waals surface area contributed by atoms with Gasteiger partial charge in [0.05, 0.1) is 6.61 Å². The van der Waals surface area contributed by atoms with E-state index in [-0.39, 0.29) is 5.91 Å². The van der Waals surface area contributed by atoms with Crippen molar-refractivity contribution in [3.63, 3.8) is 0 Å². The van der Waals surface area contributed by atoms with Crippen LogP contribution in [0.1, 0.15) is 34.8 Å². The Morgan fingerprint density at radius 3 is 2.59 bits per heavy atom. The monoisotopic (exact) mass is 369 g/mol. The molecule has 142 valence electrons. The summed E-state index contributed by atoms with van der Waals surface area (Å²) in [6, 6.07) is 13.1. The minimum atomic E-state index is -1.07. The number of amides is 1. The fourth-order valence-electron chi connectivity index (χ4n) is 3.22. The van der Waals surface area contributed by atoms with Gasteiger partial charge in [-0.15, -0.1) is 0 Å². The highest BCUT2D eigenvalue weighted by atomic mass is 16.5. The smallest absolute Gasteiger partial charge is 0.341 e. The second kappa shape index (κ2) is 8.58. The van der Waals surface area contributed by atoms with Gasteiger partial charge in [0.25, 0.3) is 5.91 Å². The first-order valence-electron chi connectivity index (χ1n) is 9.06. The van der Waals surface area contributed by atoms with Gasteiger partial charge in [0.15, 0.2) is 18.1 Å². The molecule has 0 spiro atoms. The van der Waals surface area contributed by atoms with E-state index in [4.69, 9.17) is 14.6 Å². The lowest BCUT2D eigenvalue weighted by molar-refractivity contribution is -0.139. The summed E-state index contributed by atoms with van der Waals surface area (Å²) in [4.78, 5) is 25.6. The van der Waals surface area contributed by atoms with Crippen molar-refractivity contribution in [2.45, 2.75) is 26.3 Å². The van der Waals surface area contributed by atoms with Crippen LogP contribution in [-0.4, -0.2) is 41.6 Å². The van der Waals surface area contributed by atoms with Crippen LogP contribution in [0.4, 0.5) is 0 Å². The normalized spacial score (nSPS) is 13.4. The summed E-state index contributed by atoms with van der Waals surface area (Å²) >= 11 is 0. The van der Waals surface area contributed by atoms with E-state index >= 15 is 0 Å². The largest absolute Gasteiger partial charge is 0.490 e. The molecule has 1 aliphatic rings. The van der Waals surface area contributed by atoms with Crippen LogP contribution in [0.2, 0.25) is 0 Å². The van der Waals surface area contributed by atoms with Gasteiger partial charge in [0.1, 0.15) is 0 Å². The van der Waals surface area contributed by atoms with E-state index in [0.717, 1.165) is 12.8 Å². The molecule has 0 saturated heterocycles. The summed E-state index contributed by atoms with van der Waals surface area (Å²) in [5, 5.41) is 8.79. The maximum atomic E-state index is 13.0. The zero-order valence-corrected chi connectivity index (χ0v) is 15.3. The lowest BCUT2D eigenvalue weighted by atomic mass is 10.0. The number of carbonyl (C=O) groups excluding carboxylic acids is 1. The van der Waals surface area contributed by atoms with Gasteiger partial charge in [-0.25, -0.2) is 4.79 Å². The summed E-state index contributed by atoms with van der Waals surface area (Å²) in [7, 11) is 0. The number of rotatable bonds is 6. The molecule has 0 aliphatic carbocycles. The fraction of sp³-hybridized carbons (Fsp3) is 0.333. The number of hydrogen-bond acceptors (Lipinski definition) is 4. The van der Waals surface area contributed by atoms with Gasteiger partial charge in [-0.3, -0.25) is 4.79 Å². The summed E-state index contributed by atoms with van der Waals surface area (Å²) < 4.78 is 10.8. The van der Waals surface area contributed by atoms with E-state index in [2.05, 4.69) is 12.1 Å². The molecular formula is C21H23NO5. The predicted octanol–water partition coefficient (Wildman–Crippen LogP) is 3.14. The first kappa shape index (κ1) is 18.8. The standard InChI is InChI=1S/C21H23NO5/c1-2-26-19-12-16(9-10-18(19)27-14-20(23)24)21(25)22-11-5-8-15-6-3-4-7-17(15)13-22/h3-4,6-7,9-10,12H,2,5,8,11,13-14H2,1H3,(H,23,24). The maximum Gasteiger partial charge on any atom is 0.341 e. The highest BCUT2D eigenvalue weighted by molar-refractivity contribution is 5.95. The number of hydrogen-bond donors (Lipinski definition) is 1. The number of nitrogens with zero attached hydrogens (tertiary/aromatic N) is 1. The highest BCUT2D eigenvalue weighted by Gasteiger charge is 2.21. The second-order valence-electron chi connectivity index (χ2n) is 6.38. The van der Waals surface area contributed by atoms with Gasteiger partial charge < -0.3 is 19.5 Å². The predicted molar refractivity (Wildman–Crippen MR) is 100 cm³/mol. The van der Waals surface area contributed by atoms with Gasteiger partial charge in [0, 0.05) is 18.7 Å². The van der Waals surface area contributed by atoms with E-state index in [9.17, 15) is 9.59 Å². The van der Waals surface area contributed by atoms with Crippen LogP contribution in [0.5, 0.6) is 11.5 Å². The number of carboxylic acid groups (broad SMARTS) is 1. The fourth-order valence-corrected chi connectivity index (χ4v) is 3.22. The Bertz CT molecular complexity index is 833. The van der Waals surface area contributed by atoms with Crippen LogP contribution in [0.3, 0.4) is 0 Å². The van der Waals surface area contributed by atoms with Crippen molar-refractivity contribution in [2.24, 2.45) is 0 Å². The molecule has 27 heavy (non-hydrogen) atoms. The average molecular weight is 369 g/mol. The molecular weight excluding hydrogens is 346 g/mol. The van der Waals surface area contributed by atoms with Gasteiger partial charge in [0.2, 0.25) is 0 Å². The van der Waals surface area contributed by atoms with Crippen LogP contribution in [0, 0.1) is 0 Å². The van der Waals surface area contributed by atoms with Crippen molar-refractivity contribution in [3.05, 3.63) is 59.2 Å². The Morgan fingerprint density at radius 2 is 1.85 bits per heavy atom. The molecule has 0 fully saturated rings. The summed E-state index contributed by atoms with van der Waals surface area (Å²) in [5.74, 6) is -0.449. The van der Waals surface area contributed by atoms with E-state index in [1.807, 2.05) is 24.0 Å². The molecule has 2 aromatic carbocycles. The van der Waals surface area contributed by atoms with Crippen LogP contribution in [0.15, 0.2) is 42.5 Å². The Balaban J connectivity index is 1.81. The van der Waals surface area contributed by atoms with Crippen LogP contribution < -0.4 is 9.47 Å². The van der Waals surface area contributed by atoms with Crippen molar-refractivity contribution in [3.8, 4) is 11.5 Å². The third kappa shape index (κ3) is 4.58. The molecule has 0 radical (unpaired) electrons. The molecule has 1 aliphatic heterocycles. The van der Waals surface area contributed by atoms with Crippen molar-refractivity contribution in [1.82, 2.24) is 4.90 Å². The van der Waals surface area contributed by atoms with E-state index in [1.165, 1.54) is 11.1 Å². The first-order valence-corrected chi connectivity index (χ1v) is 9.06. The third-order valence-electron chi connectivity index (χ3n) is 4.48. The number of benzene rings is 2. The molecule has 0 aromatic heterocycles. The van der Waals surface area contributed by atoms with Crippen LogP contribution >= 0.6 is 0 Å². The molecule has 1 heterocycles. The van der Waals surface area contributed by atoms with Crippen LogP contribution in [-0.2, 0) is 17.8 Å². The Morgan fingerprint density at radius 1 is 1.07 bits per heavy atom. The molecule has 6 heteroatoms. The van der Waals surface area contributed by atoms with E-state index < -0.39 is 12.6 Å². The zero-order chi connectivity index (χ0) is 19.2. The lowest BCUT2D eigenvalue weighted by Crippen LogP contribution is -2.30. The number of carbonyl (C=O) groups is 2. The van der Waals surface area contributed by atoms with Gasteiger partial charge in [-0.2, -0.15) is 0 Å². The van der Waals surface area contributed by atoms with E-state index in [0.29, 0.717) is 36.8 Å². The second-order valence-corrected chi connectivity index (χ2v) is 6.38. The Labute approximate surface area is 158 Å². The minimum Gasteiger partial charge on any atom is -0.490 e. The number of fused-ring (bicyclic) bond motifs is 1. The van der Waals surface area contributed by atoms with Crippen molar-refractivity contribution >= 4 is 11.9 Å². The van der Waals surface area contributed by atoms with E-state index in [1.54, 1.807) is 18.2 Å². The molecule has 0 atom stereocenters. The van der Waals surface area contributed by atoms with Gasteiger partial charge >= 0.3 is 5.97 Å². The molecule has 6 nitrogen and oxygen atoms in total. The first-order chi connectivity index (χ1) is 13.1. The van der Waals surface area contributed by atoms with Gasteiger partial charge in [-0.05, 0) is 49.1 Å². The number of carboxylic acids is 1. The zero-order valence-electron chi connectivity index (χ0n) is 15.3. The highest BCUT2D eigenvalue weighted by Crippen LogP contribution is 2.30. The number of aliphatic carboxylic acids is 1. The average Bonchev–Trinajstić information content (AvgIpc) is 2.89. The summed E-state index contributed by atoms with van der Waals surface area (Å²) in [6.07, 6.45) is 1.88. The molecule has 3 rings (SSSR count). The molecule has 0 unspecified atom stereocenters. The number of aryl methyl sites for hydroxylation is 1. The quantitative estimate of drug-likeness (QED) is 0.847. The molecule has 0 saturated carbocycles. The molecule has 1 N–H and O–H groups in total.